The Kier molecular flexibility index (Phi) is 1.53. The van der Waals surface area contributed by atoms with Crippen LogP contribution in [0.2, 0.25) is 0 Å². The third-order valence-corrected chi connectivity index (χ3v) is 2.55. The van der Waals surface area contributed by atoms with Crippen molar-refractivity contribution in [3.63, 3.8) is 0 Å². The van der Waals surface area contributed by atoms with E-state index < -0.39 is 0 Å². The summed E-state index contributed by atoms with van der Waals surface area (Å²) in [5, 5.41) is 0. The van der Waals surface area contributed by atoms with E-state index in [2.05, 4.69) is 0 Å². The second kappa shape index (κ2) is 2.44. The molecule has 3 heteroatoms. The van der Waals surface area contributed by atoms with Gasteiger partial charge in [-0.25, -0.2) is 0 Å². The van der Waals surface area contributed by atoms with Crippen LogP contribution in [0.15, 0.2) is 12.2 Å². The lowest BCUT2D eigenvalue weighted by atomic mass is 10.2. The number of rotatable bonds is 2. The second-order valence-corrected chi connectivity index (χ2v) is 3.46. The van der Waals surface area contributed by atoms with Gasteiger partial charge in [-0.1, -0.05) is 0 Å². The maximum absolute atomic E-state index is 11.2. The van der Waals surface area contributed by atoms with Crippen LogP contribution in [0.4, 0.5) is 0 Å². The van der Waals surface area contributed by atoms with E-state index in [-0.39, 0.29) is 17.9 Å². The SMILES string of the molecule is C[C@H](C1CC1)N1C(=O)C=CC1=O. The van der Waals surface area contributed by atoms with Gasteiger partial charge >= 0.3 is 0 Å². The van der Waals surface area contributed by atoms with E-state index in [1.165, 1.54) is 17.1 Å². The molecule has 2 rings (SSSR count). The minimum Gasteiger partial charge on any atom is -0.272 e. The number of amides is 2. The zero-order valence-electron chi connectivity index (χ0n) is 6.99. The third-order valence-electron chi connectivity index (χ3n) is 2.55. The van der Waals surface area contributed by atoms with Gasteiger partial charge in [0.05, 0.1) is 0 Å². The van der Waals surface area contributed by atoms with Crippen molar-refractivity contribution in [2.75, 3.05) is 0 Å². The van der Waals surface area contributed by atoms with Gasteiger partial charge in [0, 0.05) is 18.2 Å². The van der Waals surface area contributed by atoms with Crippen LogP contribution in [0.5, 0.6) is 0 Å². The van der Waals surface area contributed by atoms with Crippen molar-refractivity contribution in [3.8, 4) is 0 Å². The van der Waals surface area contributed by atoms with Crippen molar-refractivity contribution in [2.24, 2.45) is 5.92 Å². The Labute approximate surface area is 71.0 Å². The van der Waals surface area contributed by atoms with Crippen LogP contribution in [-0.2, 0) is 9.59 Å². The summed E-state index contributed by atoms with van der Waals surface area (Å²) in [5.41, 5.74) is 0. The molecule has 0 aromatic rings. The maximum Gasteiger partial charge on any atom is 0.253 e. The average Bonchev–Trinajstić information content (AvgIpc) is 2.79. The molecule has 1 heterocycles. The molecular weight excluding hydrogens is 154 g/mol. The van der Waals surface area contributed by atoms with Crippen LogP contribution in [0.1, 0.15) is 19.8 Å². The summed E-state index contributed by atoms with van der Waals surface area (Å²) in [5.74, 6) is 0.247. The summed E-state index contributed by atoms with van der Waals surface area (Å²) in [6.45, 7) is 1.94. The maximum atomic E-state index is 11.2. The molecule has 1 atom stereocenters. The molecule has 0 aromatic carbocycles. The first-order chi connectivity index (χ1) is 5.70. The molecule has 1 fully saturated rings. The zero-order chi connectivity index (χ0) is 8.72. The van der Waals surface area contributed by atoms with E-state index in [0.29, 0.717) is 5.92 Å². The van der Waals surface area contributed by atoms with E-state index in [9.17, 15) is 9.59 Å². The van der Waals surface area contributed by atoms with Gasteiger partial charge in [0.2, 0.25) is 0 Å². The summed E-state index contributed by atoms with van der Waals surface area (Å²) in [6.07, 6.45) is 5.00. The van der Waals surface area contributed by atoms with Gasteiger partial charge in [0.15, 0.2) is 0 Å². The van der Waals surface area contributed by atoms with Crippen LogP contribution in [-0.4, -0.2) is 22.8 Å². The van der Waals surface area contributed by atoms with Crippen molar-refractivity contribution in [1.82, 2.24) is 4.90 Å². The topological polar surface area (TPSA) is 37.4 Å². The minimum atomic E-state index is -0.153. The molecule has 2 amide bonds. The minimum absolute atomic E-state index is 0.0972. The quantitative estimate of drug-likeness (QED) is 0.565. The Bertz CT molecular complexity index is 248. The summed E-state index contributed by atoms with van der Waals surface area (Å²) in [4.78, 5) is 23.7. The highest BCUT2D eigenvalue weighted by molar-refractivity contribution is 6.13. The zero-order valence-corrected chi connectivity index (χ0v) is 6.99. The number of carbonyl (C=O) groups is 2. The standard InChI is InChI=1S/C9H11NO2/c1-6(7-2-3-7)10-8(11)4-5-9(10)12/h4-7H,2-3H2,1H3/t6-/m1/s1. The Balaban J connectivity index is 2.11. The van der Waals surface area contributed by atoms with E-state index >= 15 is 0 Å². The molecule has 1 saturated carbocycles. The summed E-state index contributed by atoms with van der Waals surface area (Å²) < 4.78 is 0. The highest BCUT2D eigenvalue weighted by Crippen LogP contribution is 2.35. The Morgan fingerprint density at radius 2 is 1.83 bits per heavy atom. The fourth-order valence-electron chi connectivity index (χ4n) is 1.60. The van der Waals surface area contributed by atoms with Crippen LogP contribution < -0.4 is 0 Å². The molecule has 2 aliphatic rings. The van der Waals surface area contributed by atoms with Crippen LogP contribution in [0.3, 0.4) is 0 Å². The number of imide groups is 1. The second-order valence-electron chi connectivity index (χ2n) is 3.46. The number of nitrogens with zero attached hydrogens (tertiary/aromatic N) is 1. The summed E-state index contributed by atoms with van der Waals surface area (Å²) >= 11 is 0. The number of hydrogen-bond acceptors (Lipinski definition) is 2. The fraction of sp³-hybridized carbons (Fsp3) is 0.556. The van der Waals surface area contributed by atoms with E-state index in [0.717, 1.165) is 12.8 Å². The molecule has 0 radical (unpaired) electrons. The molecule has 3 nitrogen and oxygen atoms in total. The van der Waals surface area contributed by atoms with Crippen molar-refractivity contribution in [2.45, 2.75) is 25.8 Å². The molecule has 0 unspecified atom stereocenters. The highest BCUT2D eigenvalue weighted by atomic mass is 16.2. The van der Waals surface area contributed by atoms with Crippen LogP contribution >= 0.6 is 0 Å². The van der Waals surface area contributed by atoms with Gasteiger partial charge in [0.25, 0.3) is 11.8 Å². The predicted molar refractivity (Wildman–Crippen MR) is 43.2 cm³/mol. The Hall–Kier alpha value is -1.12. The molecule has 12 heavy (non-hydrogen) atoms. The molecule has 1 aliphatic carbocycles. The summed E-state index contributed by atoms with van der Waals surface area (Å²) in [7, 11) is 0. The lowest BCUT2D eigenvalue weighted by Gasteiger charge is -2.21. The molecule has 0 saturated heterocycles. The highest BCUT2D eigenvalue weighted by Gasteiger charge is 2.37. The molecular formula is C9H11NO2. The van der Waals surface area contributed by atoms with E-state index in [1.54, 1.807) is 0 Å². The monoisotopic (exact) mass is 165 g/mol. The van der Waals surface area contributed by atoms with Gasteiger partial charge in [0.1, 0.15) is 0 Å². The van der Waals surface area contributed by atoms with Crippen LogP contribution in [0.25, 0.3) is 0 Å². The van der Waals surface area contributed by atoms with Crippen molar-refractivity contribution in [3.05, 3.63) is 12.2 Å². The first-order valence-electron chi connectivity index (χ1n) is 4.25. The van der Waals surface area contributed by atoms with Crippen molar-refractivity contribution < 1.29 is 9.59 Å². The first kappa shape index (κ1) is 7.53. The van der Waals surface area contributed by atoms with E-state index in [1.807, 2.05) is 6.92 Å². The van der Waals surface area contributed by atoms with Crippen molar-refractivity contribution in [1.29, 1.82) is 0 Å². The van der Waals surface area contributed by atoms with Gasteiger partial charge in [-0.15, -0.1) is 0 Å². The smallest absolute Gasteiger partial charge is 0.253 e. The molecule has 1 aliphatic heterocycles. The fourth-order valence-corrected chi connectivity index (χ4v) is 1.60. The lowest BCUT2D eigenvalue weighted by molar-refractivity contribution is -0.139. The normalized spacial score (nSPS) is 25.2. The third kappa shape index (κ3) is 1.05. The average molecular weight is 165 g/mol. The van der Waals surface area contributed by atoms with Gasteiger partial charge in [-0.3, -0.25) is 14.5 Å². The molecule has 0 spiro atoms. The molecule has 0 N–H and O–H groups in total. The number of hydrogen-bond donors (Lipinski definition) is 0. The number of carbonyl (C=O) groups excluding carboxylic acids is 2. The van der Waals surface area contributed by atoms with Gasteiger partial charge in [-0.05, 0) is 25.7 Å². The van der Waals surface area contributed by atoms with Crippen LogP contribution in [0, 0.1) is 5.92 Å². The Morgan fingerprint density at radius 3 is 2.25 bits per heavy atom. The van der Waals surface area contributed by atoms with Gasteiger partial charge < -0.3 is 0 Å². The largest absolute Gasteiger partial charge is 0.272 e. The van der Waals surface area contributed by atoms with E-state index in [4.69, 9.17) is 0 Å². The molecule has 0 bridgehead atoms. The molecule has 0 aromatic heterocycles. The first-order valence-corrected chi connectivity index (χ1v) is 4.25. The lowest BCUT2D eigenvalue weighted by Crippen LogP contribution is -2.39. The summed E-state index contributed by atoms with van der Waals surface area (Å²) in [6, 6.07) is 0.0972. The van der Waals surface area contributed by atoms with Crippen molar-refractivity contribution >= 4 is 11.8 Å². The molecule has 64 valence electrons. The predicted octanol–water partition coefficient (Wildman–Crippen LogP) is 0.710. The van der Waals surface area contributed by atoms with Gasteiger partial charge in [-0.2, -0.15) is 0 Å². The Morgan fingerprint density at radius 1 is 1.33 bits per heavy atom.